The van der Waals surface area contributed by atoms with Gasteiger partial charge >= 0.3 is 0 Å². The number of thiocarbonyl (C=S) groups is 1. The van der Waals surface area contributed by atoms with Gasteiger partial charge in [-0.25, -0.2) is 9.67 Å². The third kappa shape index (κ3) is 1.87. The van der Waals surface area contributed by atoms with Crippen LogP contribution < -0.4 is 5.73 Å². The lowest BCUT2D eigenvalue weighted by molar-refractivity contribution is 0.844. The lowest BCUT2D eigenvalue weighted by Gasteiger charge is -2.05. The van der Waals surface area contributed by atoms with Crippen molar-refractivity contribution in [2.45, 2.75) is 6.92 Å². The van der Waals surface area contributed by atoms with Crippen LogP contribution in [0.5, 0.6) is 0 Å². The van der Waals surface area contributed by atoms with Gasteiger partial charge in [0.2, 0.25) is 0 Å². The number of nitrogens with zero attached hydrogens (tertiary/aromatic N) is 3. The molecule has 0 aliphatic carbocycles. The van der Waals surface area contributed by atoms with Crippen molar-refractivity contribution in [1.82, 2.24) is 14.8 Å². The summed E-state index contributed by atoms with van der Waals surface area (Å²) in [5, 5.41) is 4.17. The van der Waals surface area contributed by atoms with E-state index in [-0.39, 0.29) is 0 Å². The van der Waals surface area contributed by atoms with E-state index in [0.29, 0.717) is 10.8 Å². The summed E-state index contributed by atoms with van der Waals surface area (Å²) in [6.45, 7) is 1.97. The van der Waals surface area contributed by atoms with E-state index in [2.05, 4.69) is 10.1 Å². The second kappa shape index (κ2) is 3.78. The molecule has 0 saturated heterocycles. The van der Waals surface area contributed by atoms with Gasteiger partial charge in [-0.15, -0.1) is 0 Å². The summed E-state index contributed by atoms with van der Waals surface area (Å²) in [7, 11) is 0. The molecular formula is C10H10N4S. The van der Waals surface area contributed by atoms with Crippen LogP contribution in [0.2, 0.25) is 0 Å². The van der Waals surface area contributed by atoms with Crippen molar-refractivity contribution in [3.05, 3.63) is 41.9 Å². The van der Waals surface area contributed by atoms with Crippen LogP contribution in [0.25, 0.3) is 5.82 Å². The Morgan fingerprint density at radius 3 is 2.93 bits per heavy atom. The molecule has 0 radical (unpaired) electrons. The lowest BCUT2D eigenvalue weighted by atomic mass is 10.2. The Balaban J connectivity index is 2.57. The van der Waals surface area contributed by atoms with Crippen LogP contribution >= 0.6 is 12.2 Å². The van der Waals surface area contributed by atoms with E-state index in [9.17, 15) is 0 Å². The average Bonchev–Trinajstić information content (AvgIpc) is 2.65. The standard InChI is InChI=1S/C10H10N4S/c1-7-5-13-14(6-7)10-8(9(11)15)3-2-4-12-10/h2-6H,1H3,(H2,11,15). The highest BCUT2D eigenvalue weighted by Gasteiger charge is 2.08. The van der Waals surface area contributed by atoms with Gasteiger partial charge in [0, 0.05) is 12.4 Å². The third-order valence-corrected chi connectivity index (χ3v) is 2.20. The Morgan fingerprint density at radius 2 is 2.33 bits per heavy atom. The normalized spacial score (nSPS) is 10.2. The zero-order chi connectivity index (χ0) is 10.8. The summed E-state index contributed by atoms with van der Waals surface area (Å²) in [6.07, 6.45) is 5.33. The Labute approximate surface area is 92.7 Å². The van der Waals surface area contributed by atoms with Gasteiger partial charge in [0.15, 0.2) is 5.82 Å². The van der Waals surface area contributed by atoms with Crippen LogP contribution in [0.3, 0.4) is 0 Å². The largest absolute Gasteiger partial charge is 0.389 e. The molecule has 15 heavy (non-hydrogen) atoms. The fourth-order valence-electron chi connectivity index (χ4n) is 1.30. The Kier molecular flexibility index (Phi) is 2.47. The van der Waals surface area contributed by atoms with E-state index < -0.39 is 0 Å². The minimum atomic E-state index is 0.325. The van der Waals surface area contributed by atoms with Gasteiger partial charge in [0.05, 0.1) is 11.8 Å². The van der Waals surface area contributed by atoms with Crippen LogP contribution in [-0.4, -0.2) is 19.8 Å². The summed E-state index contributed by atoms with van der Waals surface area (Å²) in [5.41, 5.74) is 7.41. The molecule has 4 nitrogen and oxygen atoms in total. The number of aryl methyl sites for hydroxylation is 1. The first-order valence-electron chi connectivity index (χ1n) is 4.45. The number of rotatable bonds is 2. The van der Waals surface area contributed by atoms with Crippen LogP contribution in [0.1, 0.15) is 11.1 Å². The molecule has 0 spiro atoms. The van der Waals surface area contributed by atoms with Crippen molar-refractivity contribution in [2.24, 2.45) is 5.73 Å². The number of aromatic nitrogens is 3. The topological polar surface area (TPSA) is 56.7 Å². The maximum Gasteiger partial charge on any atom is 0.163 e. The molecule has 5 heteroatoms. The minimum absolute atomic E-state index is 0.325. The van der Waals surface area contributed by atoms with E-state index >= 15 is 0 Å². The molecule has 0 saturated carbocycles. The van der Waals surface area contributed by atoms with Gasteiger partial charge in [-0.1, -0.05) is 12.2 Å². The van der Waals surface area contributed by atoms with Crippen molar-refractivity contribution in [3.63, 3.8) is 0 Å². The predicted molar refractivity (Wildman–Crippen MR) is 62.0 cm³/mol. The smallest absolute Gasteiger partial charge is 0.163 e. The lowest BCUT2D eigenvalue weighted by Crippen LogP contribution is -2.14. The molecule has 0 aromatic carbocycles. The van der Waals surface area contributed by atoms with Gasteiger partial charge in [-0.3, -0.25) is 0 Å². The molecule has 2 aromatic heterocycles. The molecule has 0 fully saturated rings. The maximum absolute atomic E-state index is 5.61. The highest BCUT2D eigenvalue weighted by atomic mass is 32.1. The maximum atomic E-state index is 5.61. The van der Waals surface area contributed by atoms with E-state index in [0.717, 1.165) is 11.1 Å². The Bertz CT molecular complexity index is 504. The average molecular weight is 218 g/mol. The van der Waals surface area contributed by atoms with Crippen LogP contribution in [-0.2, 0) is 0 Å². The second-order valence-electron chi connectivity index (χ2n) is 3.20. The summed E-state index contributed by atoms with van der Waals surface area (Å²) in [6, 6.07) is 3.63. The van der Waals surface area contributed by atoms with E-state index in [1.165, 1.54) is 0 Å². The van der Waals surface area contributed by atoms with E-state index in [1.807, 2.05) is 19.2 Å². The van der Waals surface area contributed by atoms with Gasteiger partial charge in [0.1, 0.15) is 4.99 Å². The first-order valence-corrected chi connectivity index (χ1v) is 4.86. The monoisotopic (exact) mass is 218 g/mol. The number of pyridine rings is 1. The Hall–Kier alpha value is -1.75. The van der Waals surface area contributed by atoms with Crippen molar-refractivity contribution in [2.75, 3.05) is 0 Å². The first kappa shape index (κ1) is 9.79. The quantitative estimate of drug-likeness (QED) is 0.770. The van der Waals surface area contributed by atoms with Gasteiger partial charge < -0.3 is 5.73 Å². The highest BCUT2D eigenvalue weighted by Crippen LogP contribution is 2.10. The van der Waals surface area contributed by atoms with Gasteiger partial charge in [0.25, 0.3) is 0 Å². The molecule has 76 valence electrons. The predicted octanol–water partition coefficient (Wildman–Crippen LogP) is 1.21. The molecule has 0 bridgehead atoms. The zero-order valence-corrected chi connectivity index (χ0v) is 9.03. The molecule has 0 amide bonds. The molecule has 2 aromatic rings. The number of nitrogens with two attached hydrogens (primary N) is 1. The highest BCUT2D eigenvalue weighted by molar-refractivity contribution is 7.80. The summed E-state index contributed by atoms with van der Waals surface area (Å²) in [5.74, 6) is 0.665. The van der Waals surface area contributed by atoms with Crippen molar-refractivity contribution >= 4 is 17.2 Å². The third-order valence-electron chi connectivity index (χ3n) is 1.98. The summed E-state index contributed by atoms with van der Waals surface area (Å²) >= 11 is 4.95. The molecule has 2 rings (SSSR count). The van der Waals surface area contributed by atoms with Crippen molar-refractivity contribution < 1.29 is 0 Å². The molecule has 0 aliphatic rings. The number of hydrogen-bond donors (Lipinski definition) is 1. The molecule has 0 aliphatic heterocycles. The van der Waals surface area contributed by atoms with Gasteiger partial charge in [-0.2, -0.15) is 5.10 Å². The first-order chi connectivity index (χ1) is 7.18. The minimum Gasteiger partial charge on any atom is -0.389 e. The molecule has 0 unspecified atom stereocenters. The SMILES string of the molecule is Cc1cnn(-c2ncccc2C(N)=S)c1. The summed E-state index contributed by atoms with van der Waals surface area (Å²) in [4.78, 5) is 4.54. The van der Waals surface area contributed by atoms with Crippen LogP contribution in [0, 0.1) is 6.92 Å². The van der Waals surface area contributed by atoms with Crippen LogP contribution in [0.4, 0.5) is 0 Å². The Morgan fingerprint density at radius 1 is 1.53 bits per heavy atom. The molecule has 2 heterocycles. The second-order valence-corrected chi connectivity index (χ2v) is 3.64. The fraction of sp³-hybridized carbons (Fsp3) is 0.100. The van der Waals surface area contributed by atoms with E-state index in [1.54, 1.807) is 23.1 Å². The molecule has 0 atom stereocenters. The molecule has 2 N–H and O–H groups in total. The summed E-state index contributed by atoms with van der Waals surface area (Å²) < 4.78 is 1.67. The van der Waals surface area contributed by atoms with Crippen molar-refractivity contribution in [3.8, 4) is 5.82 Å². The van der Waals surface area contributed by atoms with E-state index in [4.69, 9.17) is 18.0 Å². The molecular weight excluding hydrogens is 208 g/mol. The van der Waals surface area contributed by atoms with Crippen LogP contribution in [0.15, 0.2) is 30.7 Å². The zero-order valence-electron chi connectivity index (χ0n) is 8.21. The number of hydrogen-bond acceptors (Lipinski definition) is 3. The fourth-order valence-corrected chi connectivity index (χ4v) is 1.46. The van der Waals surface area contributed by atoms with Gasteiger partial charge in [-0.05, 0) is 24.6 Å². The van der Waals surface area contributed by atoms with Crippen molar-refractivity contribution in [1.29, 1.82) is 0 Å².